The molecule has 6 rings (SSSR count). The van der Waals surface area contributed by atoms with Crippen LogP contribution in [0.5, 0.6) is 0 Å². The maximum Gasteiger partial charge on any atom is 0.481 e. The molecule has 2 amide bonds. The van der Waals surface area contributed by atoms with Crippen molar-refractivity contribution < 1.29 is 18.9 Å². The Bertz CT molecular complexity index is 1150. The molecule has 1 aromatic carbocycles. The minimum atomic E-state index is -0.799. The van der Waals surface area contributed by atoms with Gasteiger partial charge in [0, 0.05) is 18.8 Å². The van der Waals surface area contributed by atoms with Gasteiger partial charge in [0.15, 0.2) is 0 Å². The molecule has 2 heterocycles. The zero-order valence-electron chi connectivity index (χ0n) is 23.0. The Balaban J connectivity index is 1.34. The number of amides is 2. The predicted octanol–water partition coefficient (Wildman–Crippen LogP) is 3.62. The lowest BCUT2D eigenvalue weighted by Gasteiger charge is -2.64. The van der Waals surface area contributed by atoms with Crippen LogP contribution in [0.1, 0.15) is 69.9 Å². The van der Waals surface area contributed by atoms with Crippen LogP contribution in [0.4, 0.5) is 0 Å². The van der Waals surface area contributed by atoms with Gasteiger partial charge in [-0.1, -0.05) is 58.0 Å². The average molecular weight is 518 g/mol. The third-order valence-electron chi connectivity index (χ3n) is 9.05. The first-order chi connectivity index (χ1) is 18.1. The first kappa shape index (κ1) is 26.8. The second kappa shape index (κ2) is 10.4. The van der Waals surface area contributed by atoms with E-state index in [-0.39, 0.29) is 34.7 Å². The van der Waals surface area contributed by atoms with Gasteiger partial charge < -0.3 is 19.9 Å². The van der Waals surface area contributed by atoms with E-state index in [0.717, 1.165) is 12.0 Å². The second-order valence-corrected chi connectivity index (χ2v) is 12.4. The number of carbonyl (C=O) groups is 2. The predicted molar refractivity (Wildman–Crippen MR) is 145 cm³/mol. The highest BCUT2D eigenvalue weighted by Gasteiger charge is 2.68. The summed E-state index contributed by atoms with van der Waals surface area (Å²) in [6, 6.07) is 8.87. The lowest BCUT2D eigenvalue weighted by molar-refractivity contribution is -0.199. The number of nitrogens with one attached hydrogen (secondary N) is 2. The number of hydrogen-bond acceptors (Lipinski definition) is 6. The highest BCUT2D eigenvalue weighted by atomic mass is 16.7. The third-order valence-corrected chi connectivity index (χ3v) is 9.05. The van der Waals surface area contributed by atoms with Crippen LogP contribution in [-0.2, 0) is 20.5 Å². The number of hydrogen-bond donors (Lipinski definition) is 2. The molecule has 1 aliphatic heterocycles. The van der Waals surface area contributed by atoms with Crippen molar-refractivity contribution in [2.24, 2.45) is 23.2 Å². The van der Waals surface area contributed by atoms with Crippen molar-refractivity contribution in [3.63, 3.8) is 0 Å². The maximum atomic E-state index is 13.8. The van der Waals surface area contributed by atoms with Crippen molar-refractivity contribution in [3.05, 3.63) is 60.2 Å². The Kier molecular flexibility index (Phi) is 7.35. The molecule has 38 heavy (non-hydrogen) atoms. The first-order valence-electron chi connectivity index (χ1n) is 13.8. The van der Waals surface area contributed by atoms with Crippen LogP contribution in [0.2, 0.25) is 0 Å². The van der Waals surface area contributed by atoms with E-state index in [1.807, 2.05) is 30.3 Å². The summed E-state index contributed by atoms with van der Waals surface area (Å²) in [6.45, 7) is 11.1. The lowest BCUT2D eigenvalue weighted by atomic mass is 9.43. The molecule has 6 atom stereocenters. The third kappa shape index (κ3) is 5.10. The van der Waals surface area contributed by atoms with Crippen molar-refractivity contribution in [1.29, 1.82) is 0 Å². The molecule has 9 heteroatoms. The fourth-order valence-corrected chi connectivity index (χ4v) is 6.81. The fourth-order valence-electron chi connectivity index (χ4n) is 6.81. The van der Waals surface area contributed by atoms with Gasteiger partial charge in [0.05, 0.1) is 23.8 Å². The monoisotopic (exact) mass is 518 g/mol. The van der Waals surface area contributed by atoms with Crippen molar-refractivity contribution >= 4 is 18.9 Å². The highest BCUT2D eigenvalue weighted by molar-refractivity contribution is 6.48. The van der Waals surface area contributed by atoms with Crippen LogP contribution in [0.25, 0.3) is 0 Å². The summed E-state index contributed by atoms with van der Waals surface area (Å²) in [4.78, 5) is 34.8. The summed E-state index contributed by atoms with van der Waals surface area (Å²) in [7, 11) is -0.528. The van der Waals surface area contributed by atoms with Gasteiger partial charge in [-0.3, -0.25) is 14.6 Å². The van der Waals surface area contributed by atoms with E-state index in [4.69, 9.17) is 9.31 Å². The van der Waals surface area contributed by atoms with Gasteiger partial charge >= 0.3 is 7.12 Å². The first-order valence-corrected chi connectivity index (χ1v) is 13.8. The van der Waals surface area contributed by atoms with Gasteiger partial charge in [0.25, 0.3) is 5.91 Å². The fraction of sp³-hybridized carbons (Fsp3) is 0.586. The van der Waals surface area contributed by atoms with Crippen molar-refractivity contribution in [2.75, 3.05) is 0 Å². The number of aromatic nitrogens is 2. The van der Waals surface area contributed by atoms with Crippen LogP contribution < -0.4 is 10.6 Å². The molecule has 3 saturated carbocycles. The Morgan fingerprint density at radius 3 is 2.53 bits per heavy atom. The second-order valence-electron chi connectivity index (χ2n) is 12.4. The summed E-state index contributed by atoms with van der Waals surface area (Å²) in [5, 5.41) is 6.08. The lowest BCUT2D eigenvalue weighted by Crippen LogP contribution is -2.65. The molecule has 1 aromatic heterocycles. The minimum absolute atomic E-state index is 0.0345. The molecule has 2 N–H and O–H groups in total. The number of carbonyl (C=O) groups excluding carboxylic acids is 2. The Morgan fingerprint density at radius 2 is 1.87 bits per heavy atom. The SMILES string of the molecule is CC(C)C[C@H](NC(=O)[C@H](Cc1ccccc1)NC(=O)c1cnccn1)B1O[C@H]2C[C@H]3C[C@H](C3(C)C)[C@@]2(C)O1. The minimum Gasteiger partial charge on any atom is -0.404 e. The summed E-state index contributed by atoms with van der Waals surface area (Å²) < 4.78 is 13.2. The smallest absolute Gasteiger partial charge is 0.404 e. The summed E-state index contributed by atoms with van der Waals surface area (Å²) >= 11 is 0. The standard InChI is InChI=1S/C29H39BN4O4/c1-18(2)13-25(30-37-24-16-20-15-23(28(20,3)4)29(24,5)38-30)34-26(35)21(14-19-9-7-6-8-10-19)33-27(36)22-17-31-11-12-32-22/h6-12,17-18,20-21,23-25H,13-16H2,1-5H3,(H,33,36)(H,34,35)/t20-,21+,23-,24+,25+,29-/m1/s1. The molecule has 4 aliphatic rings. The molecule has 1 saturated heterocycles. The molecular weight excluding hydrogens is 479 g/mol. The summed E-state index contributed by atoms with van der Waals surface area (Å²) in [5.74, 6) is 0.359. The van der Waals surface area contributed by atoms with Crippen molar-refractivity contribution in [3.8, 4) is 0 Å². The van der Waals surface area contributed by atoms with Crippen molar-refractivity contribution in [2.45, 2.75) is 84.0 Å². The Hall–Kier alpha value is -2.78. The molecule has 202 valence electrons. The molecule has 3 aliphatic carbocycles. The quantitative estimate of drug-likeness (QED) is 0.492. The van der Waals surface area contributed by atoms with Gasteiger partial charge in [-0.15, -0.1) is 0 Å². The van der Waals surface area contributed by atoms with E-state index in [2.05, 4.69) is 55.2 Å². The molecular formula is C29H39BN4O4. The van der Waals surface area contributed by atoms with E-state index >= 15 is 0 Å². The van der Waals surface area contributed by atoms with Crippen LogP contribution in [-0.4, -0.2) is 52.6 Å². The Morgan fingerprint density at radius 1 is 1.11 bits per heavy atom. The van der Waals surface area contributed by atoms with Gasteiger partial charge in [-0.2, -0.15) is 0 Å². The Labute approximate surface area is 225 Å². The van der Waals surface area contributed by atoms with Crippen LogP contribution in [0.15, 0.2) is 48.9 Å². The molecule has 4 fully saturated rings. The van der Waals surface area contributed by atoms with Gasteiger partial charge in [-0.25, -0.2) is 4.98 Å². The van der Waals surface area contributed by atoms with E-state index in [9.17, 15) is 9.59 Å². The van der Waals surface area contributed by atoms with Crippen LogP contribution >= 0.6 is 0 Å². The highest BCUT2D eigenvalue weighted by Crippen LogP contribution is 2.65. The number of benzene rings is 1. The zero-order valence-corrected chi connectivity index (χ0v) is 23.0. The molecule has 0 spiro atoms. The van der Waals surface area contributed by atoms with Gasteiger partial charge in [0.1, 0.15) is 11.7 Å². The van der Waals surface area contributed by atoms with Crippen molar-refractivity contribution in [1.82, 2.24) is 20.6 Å². The summed E-state index contributed by atoms with van der Waals surface area (Å²) in [6.07, 6.45) is 7.60. The normalized spacial score (nSPS) is 28.7. The van der Waals surface area contributed by atoms with Crippen LogP contribution in [0, 0.1) is 23.2 Å². The molecule has 8 nitrogen and oxygen atoms in total. The number of nitrogens with zero attached hydrogens (tertiary/aromatic N) is 2. The molecule has 2 aromatic rings. The van der Waals surface area contributed by atoms with Gasteiger partial charge in [0.2, 0.25) is 5.91 Å². The summed E-state index contributed by atoms with van der Waals surface area (Å²) in [5.41, 5.74) is 0.998. The maximum absolute atomic E-state index is 13.8. The van der Waals surface area contributed by atoms with E-state index in [0.29, 0.717) is 30.6 Å². The molecule has 0 radical (unpaired) electrons. The van der Waals surface area contributed by atoms with E-state index in [1.54, 1.807) is 0 Å². The topological polar surface area (TPSA) is 102 Å². The molecule has 2 bridgehead atoms. The molecule has 0 unspecified atom stereocenters. The van der Waals surface area contributed by atoms with Crippen LogP contribution in [0.3, 0.4) is 0 Å². The van der Waals surface area contributed by atoms with Gasteiger partial charge in [-0.05, 0) is 54.9 Å². The average Bonchev–Trinajstić information content (AvgIpc) is 3.26. The zero-order chi connectivity index (χ0) is 27.1. The largest absolute Gasteiger partial charge is 0.481 e. The van der Waals surface area contributed by atoms with E-state index < -0.39 is 19.1 Å². The van der Waals surface area contributed by atoms with E-state index in [1.165, 1.54) is 25.0 Å². The number of rotatable bonds is 9.